The molecule has 9 heteroatoms. The number of nitrogens with one attached hydrogen (secondary N) is 1. The maximum absolute atomic E-state index is 11.2. The number of thiocarbonyl (C=S) groups is 1. The number of phenolic OH excluding ortho intramolecular Hbond substituents is 1. The highest BCUT2D eigenvalue weighted by Gasteiger charge is 2.39. The zero-order valence-electron chi connectivity index (χ0n) is 17.9. The van der Waals surface area contributed by atoms with Crippen LogP contribution in [-0.2, 0) is 28.4 Å². The van der Waals surface area contributed by atoms with Crippen LogP contribution in [-0.4, -0.2) is 26.4 Å². The molecule has 2 heterocycles. The van der Waals surface area contributed by atoms with Crippen molar-refractivity contribution >= 4 is 40.5 Å². The van der Waals surface area contributed by atoms with Crippen molar-refractivity contribution in [2.24, 2.45) is 4.40 Å². The summed E-state index contributed by atoms with van der Waals surface area (Å²) in [5.41, 5.74) is 9.18. The minimum absolute atomic E-state index is 0.348. The Labute approximate surface area is 189 Å². The fraction of sp³-hybridized carbons (Fsp3) is 0.364. The topological polar surface area (TPSA) is 83.4 Å². The third kappa shape index (κ3) is 3.93. The second kappa shape index (κ2) is 8.22. The summed E-state index contributed by atoms with van der Waals surface area (Å²) in [6, 6.07) is 7.92. The fourth-order valence-electron chi connectivity index (χ4n) is 4.10. The highest BCUT2D eigenvalue weighted by Crippen LogP contribution is 2.44. The maximum atomic E-state index is 11.2. The predicted molar refractivity (Wildman–Crippen MR) is 126 cm³/mol. The number of amidine groups is 1. The number of anilines is 1. The molecule has 0 spiro atoms. The average Bonchev–Trinajstić information content (AvgIpc) is 3.16. The van der Waals surface area contributed by atoms with Gasteiger partial charge in [0.15, 0.2) is 5.72 Å². The highest BCUT2D eigenvalue weighted by atomic mass is 32.2. The Bertz CT molecular complexity index is 1100. The van der Waals surface area contributed by atoms with Crippen LogP contribution in [0, 0.1) is 20.8 Å². The van der Waals surface area contributed by atoms with Gasteiger partial charge in [-0.1, -0.05) is 24.4 Å². The molecular weight excluding hydrogens is 434 g/mol. The number of fused-ring (bicyclic) bond motifs is 1. The molecule has 0 saturated heterocycles. The van der Waals surface area contributed by atoms with Gasteiger partial charge >= 0.3 is 11.3 Å². The monoisotopic (exact) mass is 459 g/mol. The molecular formula is C22H25N3O4S2. The smallest absolute Gasteiger partial charge is 0.309 e. The minimum atomic E-state index is -1.66. The first-order valence-corrected chi connectivity index (χ1v) is 11.5. The minimum Gasteiger partial charge on any atom is -0.507 e. The molecule has 0 saturated carbocycles. The molecule has 0 amide bonds. The third-order valence-electron chi connectivity index (χ3n) is 6.12. The summed E-state index contributed by atoms with van der Waals surface area (Å²) in [7, 11) is 0. The van der Waals surface area contributed by atoms with Gasteiger partial charge < -0.3 is 9.84 Å². The Morgan fingerprint density at radius 3 is 2.58 bits per heavy atom. The van der Waals surface area contributed by atoms with Crippen LogP contribution < -0.4 is 15.1 Å². The number of aromatic hydroxyl groups is 1. The molecule has 0 aliphatic carbocycles. The lowest BCUT2D eigenvalue weighted by atomic mass is 9.89. The van der Waals surface area contributed by atoms with Gasteiger partial charge in [0.2, 0.25) is 0 Å². The molecule has 0 bridgehead atoms. The van der Waals surface area contributed by atoms with Crippen LogP contribution in [0.2, 0.25) is 0 Å². The summed E-state index contributed by atoms with van der Waals surface area (Å²) in [6.45, 7) is 7.86. The molecule has 0 radical (unpaired) electrons. The third-order valence-corrected chi connectivity index (χ3v) is 6.92. The Morgan fingerprint density at radius 2 is 1.97 bits per heavy atom. The van der Waals surface area contributed by atoms with Crippen LogP contribution in [0.5, 0.6) is 11.5 Å². The zero-order chi connectivity index (χ0) is 22.3. The van der Waals surface area contributed by atoms with Gasteiger partial charge in [-0.2, -0.15) is 4.28 Å². The summed E-state index contributed by atoms with van der Waals surface area (Å²) in [5, 5.41) is 10.4. The van der Waals surface area contributed by atoms with E-state index in [1.54, 1.807) is 5.49 Å². The molecule has 2 unspecified atom stereocenters. The summed E-state index contributed by atoms with van der Waals surface area (Å²) in [4.78, 5) is 1.97. The second-order valence-corrected chi connectivity index (χ2v) is 9.06. The summed E-state index contributed by atoms with van der Waals surface area (Å²) < 4.78 is 26.4. The lowest BCUT2D eigenvalue weighted by molar-refractivity contribution is 0.0744. The van der Waals surface area contributed by atoms with Crippen molar-refractivity contribution in [1.29, 1.82) is 0 Å². The number of rotatable bonds is 5. The molecule has 7 nitrogen and oxygen atoms in total. The molecule has 2 N–H and O–H groups in total. The van der Waals surface area contributed by atoms with Crippen molar-refractivity contribution < 1.29 is 18.3 Å². The molecule has 2 aliphatic heterocycles. The number of benzene rings is 2. The van der Waals surface area contributed by atoms with E-state index in [-0.39, 0.29) is 0 Å². The molecule has 4 rings (SSSR count). The van der Waals surface area contributed by atoms with Crippen LogP contribution in [0.4, 0.5) is 5.69 Å². The van der Waals surface area contributed by atoms with Gasteiger partial charge in [-0.25, -0.2) is 9.69 Å². The van der Waals surface area contributed by atoms with E-state index in [4.69, 9.17) is 21.2 Å². The first kappa shape index (κ1) is 21.7. The Kier molecular flexibility index (Phi) is 5.76. The van der Waals surface area contributed by atoms with Crippen molar-refractivity contribution in [3.63, 3.8) is 0 Å². The lowest BCUT2D eigenvalue weighted by Crippen LogP contribution is -2.52. The van der Waals surface area contributed by atoms with E-state index >= 15 is 0 Å². The first-order chi connectivity index (χ1) is 14.7. The molecule has 164 valence electrons. The largest absolute Gasteiger partial charge is 0.507 e. The SMILES string of the molecule is Cc1c(C)c2c(c(C)c1O)CCC(C)(N(C=S)c1ccc(CC3=NS(=O)ON3)cc1)O2. The summed E-state index contributed by atoms with van der Waals surface area (Å²) >= 11 is 3.72. The number of hydroxylamine groups is 1. The highest BCUT2D eigenvalue weighted by molar-refractivity contribution is 7.79. The van der Waals surface area contributed by atoms with Gasteiger partial charge in [-0.3, -0.25) is 4.90 Å². The average molecular weight is 460 g/mol. The van der Waals surface area contributed by atoms with Crippen molar-refractivity contribution in [2.45, 2.75) is 52.7 Å². The van der Waals surface area contributed by atoms with E-state index in [1.807, 2.05) is 56.9 Å². The molecule has 31 heavy (non-hydrogen) atoms. The van der Waals surface area contributed by atoms with Crippen molar-refractivity contribution in [2.75, 3.05) is 4.90 Å². The number of hydrogen-bond donors (Lipinski definition) is 2. The van der Waals surface area contributed by atoms with Crippen LogP contribution in [0.3, 0.4) is 0 Å². The summed E-state index contributed by atoms with van der Waals surface area (Å²) in [5.74, 6) is 1.71. The van der Waals surface area contributed by atoms with Crippen molar-refractivity contribution in [3.8, 4) is 11.5 Å². The quantitative estimate of drug-likeness (QED) is 0.657. The zero-order valence-corrected chi connectivity index (χ0v) is 19.5. The number of hydrogen-bond acceptors (Lipinski definition) is 6. The normalized spacial score (nSPS) is 22.2. The van der Waals surface area contributed by atoms with Gasteiger partial charge in [0.1, 0.15) is 17.3 Å². The molecule has 2 atom stereocenters. The van der Waals surface area contributed by atoms with E-state index in [2.05, 4.69) is 9.88 Å². The number of phenols is 1. The van der Waals surface area contributed by atoms with E-state index in [0.717, 1.165) is 52.1 Å². The second-order valence-electron chi connectivity index (χ2n) is 8.07. The molecule has 2 aromatic carbocycles. The van der Waals surface area contributed by atoms with Crippen molar-refractivity contribution in [3.05, 3.63) is 52.1 Å². The van der Waals surface area contributed by atoms with Gasteiger partial charge in [-0.15, -0.1) is 4.40 Å². The predicted octanol–water partition coefficient (Wildman–Crippen LogP) is 3.88. The Morgan fingerprint density at radius 1 is 1.26 bits per heavy atom. The van der Waals surface area contributed by atoms with Gasteiger partial charge in [0.25, 0.3) is 0 Å². The molecule has 2 aliphatic rings. The molecule has 0 fully saturated rings. The standard InChI is InChI=1S/C22H25N3O4S2/c1-13-14(2)21-18(15(3)20(13)26)9-10-22(4,28-21)25(12-30)17-7-5-16(6-8-17)11-19-23-29-31(27)24-19/h5-8,12,26H,9-11H2,1-4H3,(H,23,24). The first-order valence-electron chi connectivity index (χ1n) is 10.0. The molecule has 0 aromatic heterocycles. The van der Waals surface area contributed by atoms with E-state index in [1.165, 1.54) is 0 Å². The Balaban J connectivity index is 1.60. The molecule has 2 aromatic rings. The van der Waals surface area contributed by atoms with Crippen molar-refractivity contribution in [1.82, 2.24) is 5.48 Å². The van der Waals surface area contributed by atoms with Gasteiger partial charge in [0.05, 0.1) is 5.49 Å². The van der Waals surface area contributed by atoms with Gasteiger partial charge in [0, 0.05) is 24.1 Å². The van der Waals surface area contributed by atoms with Gasteiger partial charge in [-0.05, 0) is 68.5 Å². The van der Waals surface area contributed by atoms with Crippen LogP contribution in [0.1, 0.15) is 41.2 Å². The fourth-order valence-corrected chi connectivity index (χ4v) is 4.93. The maximum Gasteiger partial charge on any atom is 0.309 e. The lowest BCUT2D eigenvalue weighted by Gasteiger charge is -2.44. The summed E-state index contributed by atoms with van der Waals surface area (Å²) in [6.07, 6.45) is 2.00. The number of ether oxygens (including phenoxy) is 1. The Hall–Kier alpha value is -2.49. The van der Waals surface area contributed by atoms with E-state index in [0.29, 0.717) is 18.0 Å². The van der Waals surface area contributed by atoms with E-state index < -0.39 is 17.0 Å². The van der Waals surface area contributed by atoms with Crippen LogP contribution in [0.25, 0.3) is 0 Å². The van der Waals surface area contributed by atoms with Crippen LogP contribution >= 0.6 is 12.2 Å². The van der Waals surface area contributed by atoms with Crippen LogP contribution in [0.15, 0.2) is 28.7 Å². The number of nitrogens with zero attached hydrogens (tertiary/aromatic N) is 2. The van der Waals surface area contributed by atoms with E-state index in [9.17, 15) is 9.32 Å².